The van der Waals surface area contributed by atoms with E-state index in [1.165, 1.54) is 11.3 Å². The Hall–Kier alpha value is -1.49. The molecule has 0 amide bonds. The lowest BCUT2D eigenvalue weighted by Crippen LogP contribution is -1.89. The van der Waals surface area contributed by atoms with Crippen LogP contribution in [0.25, 0.3) is 10.2 Å². The van der Waals surface area contributed by atoms with Gasteiger partial charge in [-0.1, -0.05) is 0 Å². The lowest BCUT2D eigenvalue weighted by atomic mass is 10.4. The van der Waals surface area contributed by atoms with Crippen molar-refractivity contribution in [3.63, 3.8) is 0 Å². The summed E-state index contributed by atoms with van der Waals surface area (Å²) in [5.74, 6) is -0.261. The zero-order valence-corrected chi connectivity index (χ0v) is 7.63. The largest absolute Gasteiger partial charge is 0.477 e. The minimum absolute atomic E-state index is 0.301. The van der Waals surface area contributed by atoms with E-state index >= 15 is 0 Å². The highest BCUT2D eigenvalue weighted by molar-refractivity contribution is 7.20. The molecule has 5 heteroatoms. The van der Waals surface area contributed by atoms with Crippen LogP contribution in [0.15, 0.2) is 12.3 Å². The van der Waals surface area contributed by atoms with Crippen LogP contribution in [0.4, 0.5) is 0 Å². The molecule has 13 heavy (non-hydrogen) atoms. The zero-order valence-electron chi connectivity index (χ0n) is 6.81. The molecule has 0 spiro atoms. The first-order valence-electron chi connectivity index (χ1n) is 3.63. The minimum Gasteiger partial charge on any atom is -0.477 e. The molecule has 0 bridgehead atoms. The van der Waals surface area contributed by atoms with Crippen molar-refractivity contribution in [3.05, 3.63) is 23.0 Å². The van der Waals surface area contributed by atoms with Crippen LogP contribution in [0.2, 0.25) is 0 Å². The molecule has 1 N–H and O–H groups in total. The van der Waals surface area contributed by atoms with Gasteiger partial charge >= 0.3 is 5.97 Å². The molecule has 0 radical (unpaired) electrons. The minimum atomic E-state index is -0.916. The molecule has 0 saturated carbocycles. The normalized spacial score (nSPS) is 10.5. The first-order valence-corrected chi connectivity index (χ1v) is 4.45. The van der Waals surface area contributed by atoms with Crippen LogP contribution in [0.5, 0.6) is 0 Å². The molecule has 0 aliphatic heterocycles. The van der Waals surface area contributed by atoms with E-state index in [9.17, 15) is 4.79 Å². The quantitative estimate of drug-likeness (QED) is 0.750. The molecule has 0 aromatic carbocycles. The van der Waals surface area contributed by atoms with E-state index in [1.54, 1.807) is 19.2 Å². The lowest BCUT2D eigenvalue weighted by Gasteiger charge is -1.88. The maximum Gasteiger partial charge on any atom is 0.345 e. The SMILES string of the molecule is Cc1ncc2sc(C(=O)O)cc2n1. The Labute approximate surface area is 77.9 Å². The number of fused-ring (bicyclic) bond motifs is 1. The zero-order chi connectivity index (χ0) is 9.42. The summed E-state index contributed by atoms with van der Waals surface area (Å²) in [6, 6.07) is 1.57. The van der Waals surface area contributed by atoms with E-state index in [2.05, 4.69) is 9.97 Å². The molecule has 0 atom stereocenters. The van der Waals surface area contributed by atoms with E-state index in [-0.39, 0.29) is 0 Å². The predicted molar refractivity (Wildman–Crippen MR) is 49.1 cm³/mol. The van der Waals surface area contributed by atoms with E-state index in [4.69, 9.17) is 5.11 Å². The monoisotopic (exact) mass is 194 g/mol. The van der Waals surface area contributed by atoms with Gasteiger partial charge < -0.3 is 5.11 Å². The van der Waals surface area contributed by atoms with Gasteiger partial charge in [0.1, 0.15) is 10.7 Å². The van der Waals surface area contributed by atoms with E-state index < -0.39 is 5.97 Å². The fourth-order valence-corrected chi connectivity index (χ4v) is 1.85. The van der Waals surface area contributed by atoms with Gasteiger partial charge in [-0.15, -0.1) is 11.3 Å². The van der Waals surface area contributed by atoms with Crippen molar-refractivity contribution in [2.24, 2.45) is 0 Å². The standard InChI is InChI=1S/C8H6N2O2S/c1-4-9-3-7-5(10-4)2-6(13-7)8(11)12/h2-3H,1H3,(H,11,12). The summed E-state index contributed by atoms with van der Waals surface area (Å²) >= 11 is 1.19. The number of rotatable bonds is 1. The molecule has 2 aromatic heterocycles. The maximum atomic E-state index is 10.6. The molecule has 0 aliphatic carbocycles. The Balaban J connectivity index is 2.68. The van der Waals surface area contributed by atoms with Crippen molar-refractivity contribution < 1.29 is 9.90 Å². The summed E-state index contributed by atoms with van der Waals surface area (Å²) in [5.41, 5.74) is 0.704. The second kappa shape index (κ2) is 2.77. The second-order valence-electron chi connectivity index (χ2n) is 2.58. The van der Waals surface area contributed by atoms with Crippen molar-refractivity contribution in [3.8, 4) is 0 Å². The number of carbonyl (C=O) groups is 1. The first-order chi connectivity index (χ1) is 6.16. The second-order valence-corrected chi connectivity index (χ2v) is 3.67. The highest BCUT2D eigenvalue weighted by atomic mass is 32.1. The summed E-state index contributed by atoms with van der Waals surface area (Å²) in [6.45, 7) is 1.78. The van der Waals surface area contributed by atoms with Crippen molar-refractivity contribution >= 4 is 27.5 Å². The van der Waals surface area contributed by atoms with Crippen molar-refractivity contribution in [1.82, 2.24) is 9.97 Å². The van der Waals surface area contributed by atoms with Gasteiger partial charge in [-0.05, 0) is 13.0 Å². The number of aromatic nitrogens is 2. The number of aromatic carboxylic acids is 1. The predicted octanol–water partition coefficient (Wildman–Crippen LogP) is 1.70. The van der Waals surface area contributed by atoms with Gasteiger partial charge in [-0.2, -0.15) is 0 Å². The third-order valence-corrected chi connectivity index (χ3v) is 2.65. The smallest absolute Gasteiger partial charge is 0.345 e. The van der Waals surface area contributed by atoms with Crippen LogP contribution in [0.1, 0.15) is 15.5 Å². The average Bonchev–Trinajstić information content (AvgIpc) is 2.46. The molecule has 2 aromatic rings. The molecule has 66 valence electrons. The first kappa shape index (κ1) is 8.12. The van der Waals surface area contributed by atoms with Gasteiger partial charge in [0.05, 0.1) is 10.2 Å². The number of hydrogen-bond acceptors (Lipinski definition) is 4. The number of thiophene rings is 1. The van der Waals surface area contributed by atoms with Gasteiger partial charge in [0.15, 0.2) is 0 Å². The van der Waals surface area contributed by atoms with Crippen LogP contribution >= 0.6 is 11.3 Å². The van der Waals surface area contributed by atoms with E-state index in [0.29, 0.717) is 16.2 Å². The van der Waals surface area contributed by atoms with Crippen LogP contribution in [0.3, 0.4) is 0 Å². The molecule has 0 saturated heterocycles. The van der Waals surface area contributed by atoms with Crippen LogP contribution in [-0.4, -0.2) is 21.0 Å². The van der Waals surface area contributed by atoms with Crippen molar-refractivity contribution in [1.29, 1.82) is 0 Å². The molecule has 4 nitrogen and oxygen atoms in total. The van der Waals surface area contributed by atoms with E-state index in [0.717, 1.165) is 4.70 Å². The number of hydrogen-bond donors (Lipinski definition) is 1. The number of nitrogens with zero attached hydrogens (tertiary/aromatic N) is 2. The van der Waals surface area contributed by atoms with Gasteiger partial charge in [-0.3, -0.25) is 0 Å². The summed E-state index contributed by atoms with van der Waals surface area (Å²) in [6.07, 6.45) is 1.65. The number of carboxylic acids is 1. The molecule has 0 fully saturated rings. The molecule has 2 rings (SSSR count). The number of aryl methyl sites for hydroxylation is 1. The fourth-order valence-electron chi connectivity index (χ4n) is 1.04. The van der Waals surface area contributed by atoms with Gasteiger partial charge in [-0.25, -0.2) is 14.8 Å². The molecule has 0 aliphatic rings. The van der Waals surface area contributed by atoms with Crippen LogP contribution < -0.4 is 0 Å². The summed E-state index contributed by atoms with van der Waals surface area (Å²) in [4.78, 5) is 19.0. The Morgan fingerprint density at radius 3 is 3.08 bits per heavy atom. The maximum absolute atomic E-state index is 10.6. The third kappa shape index (κ3) is 1.38. The fraction of sp³-hybridized carbons (Fsp3) is 0.125. The number of carboxylic acid groups (broad SMARTS) is 1. The highest BCUT2D eigenvalue weighted by Gasteiger charge is 2.08. The lowest BCUT2D eigenvalue weighted by molar-refractivity contribution is 0.0702. The highest BCUT2D eigenvalue weighted by Crippen LogP contribution is 2.22. The van der Waals surface area contributed by atoms with Gasteiger partial charge in [0.2, 0.25) is 0 Å². The van der Waals surface area contributed by atoms with Crippen LogP contribution in [-0.2, 0) is 0 Å². The van der Waals surface area contributed by atoms with Crippen molar-refractivity contribution in [2.75, 3.05) is 0 Å². The third-order valence-electron chi connectivity index (χ3n) is 1.60. The van der Waals surface area contributed by atoms with Gasteiger partial charge in [0, 0.05) is 6.20 Å². The molecule has 2 heterocycles. The molecular weight excluding hydrogens is 188 g/mol. The summed E-state index contributed by atoms with van der Waals surface area (Å²) in [5, 5.41) is 8.72. The summed E-state index contributed by atoms with van der Waals surface area (Å²) in [7, 11) is 0. The topological polar surface area (TPSA) is 63.1 Å². The van der Waals surface area contributed by atoms with E-state index in [1.807, 2.05) is 0 Å². The molecular formula is C8H6N2O2S. The Kier molecular flexibility index (Phi) is 1.73. The Morgan fingerprint density at radius 1 is 1.62 bits per heavy atom. The molecule has 0 unspecified atom stereocenters. The average molecular weight is 194 g/mol. The van der Waals surface area contributed by atoms with Crippen LogP contribution in [0, 0.1) is 6.92 Å². The summed E-state index contributed by atoms with van der Waals surface area (Å²) < 4.78 is 0.808. The Bertz CT molecular complexity index is 478. The van der Waals surface area contributed by atoms with Gasteiger partial charge in [0.25, 0.3) is 0 Å². The Morgan fingerprint density at radius 2 is 2.38 bits per heavy atom. The van der Waals surface area contributed by atoms with Crippen molar-refractivity contribution in [2.45, 2.75) is 6.92 Å².